The summed E-state index contributed by atoms with van der Waals surface area (Å²) in [5.74, 6) is 0.705. The third kappa shape index (κ3) is 4.69. The molecule has 10 rings (SSSR count). The topological polar surface area (TPSA) is 43.9 Å². The molecule has 4 heteroatoms. The lowest BCUT2D eigenvalue weighted by Gasteiger charge is -2.10. The summed E-state index contributed by atoms with van der Waals surface area (Å²) in [6.07, 6.45) is 0. The van der Waals surface area contributed by atoms with Crippen molar-refractivity contribution in [2.24, 2.45) is 0 Å². The number of fused-ring (bicyclic) bond motifs is 6. The molecule has 3 aromatic heterocycles. The van der Waals surface area contributed by atoms with Gasteiger partial charge in [-0.05, 0) is 65.7 Å². The average molecular weight is 640 g/mol. The Labute approximate surface area is 288 Å². The molecule has 0 amide bonds. The zero-order valence-corrected chi connectivity index (χ0v) is 27.0. The predicted molar refractivity (Wildman–Crippen MR) is 205 cm³/mol. The van der Waals surface area contributed by atoms with Crippen LogP contribution in [0.3, 0.4) is 0 Å². The number of aromatic nitrogens is 3. The number of rotatable bonds is 5. The van der Waals surface area contributed by atoms with Crippen molar-refractivity contribution in [3.63, 3.8) is 0 Å². The molecule has 0 saturated heterocycles. The van der Waals surface area contributed by atoms with Crippen LogP contribution >= 0.6 is 0 Å². The van der Waals surface area contributed by atoms with Crippen molar-refractivity contribution < 1.29 is 4.42 Å². The fourth-order valence-electron chi connectivity index (χ4n) is 7.21. The second-order valence-electron chi connectivity index (χ2n) is 12.6. The van der Waals surface area contributed by atoms with Crippen molar-refractivity contribution in [3.05, 3.63) is 176 Å². The van der Waals surface area contributed by atoms with E-state index < -0.39 is 0 Å². The van der Waals surface area contributed by atoms with Gasteiger partial charge < -0.3 is 8.98 Å². The molecule has 50 heavy (non-hydrogen) atoms. The molecule has 0 unspecified atom stereocenters. The first-order valence-electron chi connectivity index (χ1n) is 16.8. The molecule has 7 aromatic carbocycles. The Morgan fingerprint density at radius 3 is 1.70 bits per heavy atom. The molecule has 0 aliphatic rings. The van der Waals surface area contributed by atoms with Gasteiger partial charge in [-0.1, -0.05) is 121 Å². The van der Waals surface area contributed by atoms with E-state index in [4.69, 9.17) is 14.4 Å². The Balaban J connectivity index is 1.06. The van der Waals surface area contributed by atoms with Gasteiger partial charge in [0.15, 0.2) is 5.82 Å². The maximum absolute atomic E-state index is 6.48. The summed E-state index contributed by atoms with van der Waals surface area (Å²) in [6.45, 7) is 0. The summed E-state index contributed by atoms with van der Waals surface area (Å²) >= 11 is 0. The summed E-state index contributed by atoms with van der Waals surface area (Å²) in [7, 11) is 0. The van der Waals surface area contributed by atoms with Gasteiger partial charge in [0, 0.05) is 43.9 Å². The van der Waals surface area contributed by atoms with E-state index in [0.29, 0.717) is 5.82 Å². The van der Waals surface area contributed by atoms with Crippen LogP contribution in [0.25, 0.3) is 94.5 Å². The van der Waals surface area contributed by atoms with Gasteiger partial charge in [0.2, 0.25) is 0 Å². The Morgan fingerprint density at radius 2 is 0.960 bits per heavy atom. The van der Waals surface area contributed by atoms with E-state index >= 15 is 0 Å². The highest BCUT2D eigenvalue weighted by Gasteiger charge is 2.16. The fourth-order valence-corrected chi connectivity index (χ4v) is 7.21. The highest BCUT2D eigenvalue weighted by molar-refractivity contribution is 6.10. The van der Waals surface area contributed by atoms with E-state index in [0.717, 1.165) is 66.8 Å². The standard InChI is InChI=1S/C46H29N3O/c1-3-12-30(13-4-1)40-29-41(48-46(47-40)31-14-5-2-6-15-31)34-17-11-16-32(26-34)33-22-24-38-39-28-35(23-25-44(39)50-45(38)27-33)49-42-20-9-7-18-36(42)37-19-8-10-21-43(37)49/h1-29H. The Hall–Kier alpha value is -6.78. The molecule has 0 spiro atoms. The molecule has 0 fully saturated rings. The van der Waals surface area contributed by atoms with Crippen LogP contribution in [0.5, 0.6) is 0 Å². The zero-order valence-electron chi connectivity index (χ0n) is 27.0. The molecular formula is C46H29N3O. The normalized spacial score (nSPS) is 11.6. The SMILES string of the molecule is c1ccc(-c2cc(-c3cccc(-c4ccc5c(c4)oc4ccc(-n6c7ccccc7c7ccccc76)cc45)c3)nc(-c3ccccc3)n2)cc1. The second kappa shape index (κ2) is 11.4. The van der Waals surface area contributed by atoms with E-state index in [1.165, 1.54) is 21.8 Å². The lowest BCUT2D eigenvalue weighted by atomic mass is 9.99. The quantitative estimate of drug-likeness (QED) is 0.188. The summed E-state index contributed by atoms with van der Waals surface area (Å²) in [5.41, 5.74) is 12.3. The van der Waals surface area contributed by atoms with Gasteiger partial charge in [0.25, 0.3) is 0 Å². The number of hydrogen-bond acceptors (Lipinski definition) is 3. The number of para-hydroxylation sites is 2. The number of hydrogen-bond donors (Lipinski definition) is 0. The van der Waals surface area contributed by atoms with Gasteiger partial charge in [0.05, 0.1) is 22.4 Å². The maximum Gasteiger partial charge on any atom is 0.160 e. The molecule has 0 radical (unpaired) electrons. The Bertz CT molecular complexity index is 2760. The van der Waals surface area contributed by atoms with E-state index in [1.54, 1.807) is 0 Å². The van der Waals surface area contributed by atoms with Crippen LogP contribution < -0.4 is 0 Å². The predicted octanol–water partition coefficient (Wildman–Crippen LogP) is 12.1. The molecule has 0 bridgehead atoms. The molecule has 3 heterocycles. The first-order chi connectivity index (χ1) is 24.8. The summed E-state index contributed by atoms with van der Waals surface area (Å²) in [4.78, 5) is 10.0. The first kappa shape index (κ1) is 28.3. The third-order valence-corrected chi connectivity index (χ3v) is 9.61. The molecule has 0 N–H and O–H groups in total. The van der Waals surface area contributed by atoms with E-state index in [-0.39, 0.29) is 0 Å². The molecule has 0 aliphatic heterocycles. The lowest BCUT2D eigenvalue weighted by Crippen LogP contribution is -1.96. The maximum atomic E-state index is 6.48. The first-order valence-corrected chi connectivity index (χ1v) is 16.8. The van der Waals surface area contributed by atoms with Gasteiger partial charge in [-0.3, -0.25) is 0 Å². The van der Waals surface area contributed by atoms with Crippen molar-refractivity contribution in [1.82, 2.24) is 14.5 Å². The van der Waals surface area contributed by atoms with Gasteiger partial charge in [-0.15, -0.1) is 0 Å². The van der Waals surface area contributed by atoms with E-state index in [9.17, 15) is 0 Å². The van der Waals surface area contributed by atoms with Crippen LogP contribution in [0.2, 0.25) is 0 Å². The van der Waals surface area contributed by atoms with Crippen LogP contribution in [-0.4, -0.2) is 14.5 Å². The van der Waals surface area contributed by atoms with Crippen LogP contribution in [0.4, 0.5) is 0 Å². The van der Waals surface area contributed by atoms with E-state index in [2.05, 4.69) is 144 Å². The van der Waals surface area contributed by atoms with Crippen molar-refractivity contribution in [2.75, 3.05) is 0 Å². The van der Waals surface area contributed by atoms with Crippen molar-refractivity contribution in [1.29, 1.82) is 0 Å². The van der Waals surface area contributed by atoms with Crippen LogP contribution in [0.15, 0.2) is 180 Å². The Morgan fingerprint density at radius 1 is 0.360 bits per heavy atom. The zero-order chi connectivity index (χ0) is 33.0. The Kier molecular flexibility index (Phi) is 6.46. The highest BCUT2D eigenvalue weighted by atomic mass is 16.3. The molecule has 4 nitrogen and oxygen atoms in total. The molecular weight excluding hydrogens is 611 g/mol. The fraction of sp³-hybridized carbons (Fsp3) is 0. The molecule has 234 valence electrons. The smallest absolute Gasteiger partial charge is 0.160 e. The monoisotopic (exact) mass is 639 g/mol. The minimum absolute atomic E-state index is 0.705. The van der Waals surface area contributed by atoms with Gasteiger partial charge >= 0.3 is 0 Å². The van der Waals surface area contributed by atoms with Gasteiger partial charge in [0.1, 0.15) is 11.2 Å². The molecule has 0 aliphatic carbocycles. The second-order valence-corrected chi connectivity index (χ2v) is 12.6. The molecule has 10 aromatic rings. The van der Waals surface area contributed by atoms with Crippen molar-refractivity contribution >= 4 is 43.7 Å². The number of nitrogens with zero attached hydrogens (tertiary/aromatic N) is 3. The largest absolute Gasteiger partial charge is 0.456 e. The third-order valence-electron chi connectivity index (χ3n) is 9.61. The van der Waals surface area contributed by atoms with Crippen molar-refractivity contribution in [3.8, 4) is 50.7 Å². The lowest BCUT2D eigenvalue weighted by molar-refractivity contribution is 0.669. The highest BCUT2D eigenvalue weighted by Crippen LogP contribution is 2.37. The number of benzene rings is 7. The molecule has 0 saturated carbocycles. The van der Waals surface area contributed by atoms with Crippen LogP contribution in [0.1, 0.15) is 0 Å². The van der Waals surface area contributed by atoms with E-state index in [1.807, 2.05) is 36.4 Å². The van der Waals surface area contributed by atoms with Crippen molar-refractivity contribution in [2.45, 2.75) is 0 Å². The summed E-state index contributed by atoms with van der Waals surface area (Å²) in [5, 5.41) is 4.70. The van der Waals surface area contributed by atoms with Gasteiger partial charge in [-0.2, -0.15) is 0 Å². The summed E-state index contributed by atoms with van der Waals surface area (Å²) in [6, 6.07) is 61.3. The molecule has 0 atom stereocenters. The number of furan rings is 1. The van der Waals surface area contributed by atoms with Crippen LogP contribution in [-0.2, 0) is 0 Å². The summed E-state index contributed by atoms with van der Waals surface area (Å²) < 4.78 is 8.83. The minimum atomic E-state index is 0.705. The van der Waals surface area contributed by atoms with Crippen LogP contribution in [0, 0.1) is 0 Å². The van der Waals surface area contributed by atoms with Gasteiger partial charge in [-0.25, -0.2) is 9.97 Å². The average Bonchev–Trinajstić information content (AvgIpc) is 3.73. The minimum Gasteiger partial charge on any atom is -0.456 e.